The number of carboxylic acid groups (broad SMARTS) is 1. The number of thioether (sulfide) groups is 1. The summed E-state index contributed by atoms with van der Waals surface area (Å²) in [5.74, 6) is -1.09. The van der Waals surface area contributed by atoms with Crippen LogP contribution in [0.5, 0.6) is 0 Å². The van der Waals surface area contributed by atoms with Crippen molar-refractivity contribution in [3.05, 3.63) is 30.1 Å². The third-order valence-corrected chi connectivity index (χ3v) is 6.94. The van der Waals surface area contributed by atoms with Gasteiger partial charge in [0, 0.05) is 16.2 Å². The first kappa shape index (κ1) is 21.2. The number of carboxylic acids is 1. The highest BCUT2D eigenvalue weighted by molar-refractivity contribution is 8.00. The number of likely N-dealkylation sites (tertiary alicyclic amines) is 1. The molecule has 0 aromatic heterocycles. The van der Waals surface area contributed by atoms with E-state index in [9.17, 15) is 9.18 Å². The van der Waals surface area contributed by atoms with Crippen LogP contribution >= 0.6 is 11.8 Å². The van der Waals surface area contributed by atoms with Crippen LogP contribution < -0.4 is 5.73 Å². The lowest BCUT2D eigenvalue weighted by atomic mass is 9.86. The Morgan fingerprint density at radius 3 is 2.50 bits per heavy atom. The van der Waals surface area contributed by atoms with Gasteiger partial charge in [-0.25, -0.2) is 4.39 Å². The van der Waals surface area contributed by atoms with Gasteiger partial charge in [-0.3, -0.25) is 4.79 Å². The maximum absolute atomic E-state index is 14.1. The minimum absolute atomic E-state index is 0.0529. The van der Waals surface area contributed by atoms with Crippen molar-refractivity contribution in [2.75, 3.05) is 19.6 Å². The highest BCUT2D eigenvalue weighted by atomic mass is 32.2. The lowest BCUT2D eigenvalue weighted by molar-refractivity contribution is -0.143. The lowest BCUT2D eigenvalue weighted by Gasteiger charge is -2.37. The molecule has 2 rings (SSSR count). The largest absolute Gasteiger partial charge is 0.481 e. The number of rotatable bonds is 7. The van der Waals surface area contributed by atoms with Crippen molar-refractivity contribution < 1.29 is 14.3 Å². The molecule has 0 radical (unpaired) electrons. The molecule has 26 heavy (non-hydrogen) atoms. The van der Waals surface area contributed by atoms with Gasteiger partial charge in [-0.2, -0.15) is 0 Å². The third kappa shape index (κ3) is 5.96. The van der Waals surface area contributed by atoms with Crippen molar-refractivity contribution >= 4 is 17.7 Å². The zero-order chi connectivity index (χ0) is 19.3. The van der Waals surface area contributed by atoms with Gasteiger partial charge in [-0.1, -0.05) is 32.9 Å². The number of nitrogens with zero attached hydrogens (tertiary/aromatic N) is 1. The van der Waals surface area contributed by atoms with Crippen LogP contribution in [-0.2, 0) is 4.79 Å². The van der Waals surface area contributed by atoms with E-state index in [-0.39, 0.29) is 28.4 Å². The predicted octanol–water partition coefficient (Wildman–Crippen LogP) is 3.85. The van der Waals surface area contributed by atoms with Crippen LogP contribution in [0.3, 0.4) is 0 Å². The molecule has 0 amide bonds. The van der Waals surface area contributed by atoms with E-state index < -0.39 is 5.97 Å². The van der Waals surface area contributed by atoms with Gasteiger partial charge >= 0.3 is 5.97 Å². The van der Waals surface area contributed by atoms with E-state index in [4.69, 9.17) is 10.8 Å². The monoisotopic (exact) mass is 382 g/mol. The fourth-order valence-electron chi connectivity index (χ4n) is 3.47. The number of aliphatic carboxylic acids is 1. The average Bonchev–Trinajstić information content (AvgIpc) is 2.58. The second-order valence-electron chi connectivity index (χ2n) is 8.24. The Kier molecular flexibility index (Phi) is 7.50. The van der Waals surface area contributed by atoms with Gasteiger partial charge in [0.25, 0.3) is 0 Å². The molecule has 2 unspecified atom stereocenters. The van der Waals surface area contributed by atoms with Crippen LogP contribution in [0.1, 0.15) is 40.0 Å². The lowest BCUT2D eigenvalue weighted by Crippen LogP contribution is -2.44. The van der Waals surface area contributed by atoms with E-state index in [2.05, 4.69) is 25.7 Å². The Balaban J connectivity index is 1.92. The highest BCUT2D eigenvalue weighted by Crippen LogP contribution is 2.38. The number of carbonyl (C=O) groups is 1. The number of benzene rings is 1. The molecule has 6 heteroatoms. The first-order valence-electron chi connectivity index (χ1n) is 9.30. The van der Waals surface area contributed by atoms with Crippen LogP contribution in [0, 0.1) is 17.2 Å². The van der Waals surface area contributed by atoms with Crippen LogP contribution in [0.4, 0.5) is 4.39 Å². The fraction of sp³-hybridized carbons (Fsp3) is 0.650. The Labute approximate surface area is 160 Å². The van der Waals surface area contributed by atoms with E-state index in [1.54, 1.807) is 6.07 Å². The second-order valence-corrected chi connectivity index (χ2v) is 9.42. The highest BCUT2D eigenvalue weighted by Gasteiger charge is 2.32. The van der Waals surface area contributed by atoms with Crippen LogP contribution in [0.2, 0.25) is 0 Å². The van der Waals surface area contributed by atoms with Crippen molar-refractivity contribution in [3.63, 3.8) is 0 Å². The summed E-state index contributed by atoms with van der Waals surface area (Å²) >= 11 is 1.53. The van der Waals surface area contributed by atoms with E-state index in [0.717, 1.165) is 26.1 Å². The minimum atomic E-state index is -0.685. The minimum Gasteiger partial charge on any atom is -0.481 e. The number of hydrogen-bond donors (Lipinski definition) is 2. The molecule has 3 N–H and O–H groups in total. The van der Waals surface area contributed by atoms with Crippen LogP contribution in [0.25, 0.3) is 0 Å². The van der Waals surface area contributed by atoms with Crippen molar-refractivity contribution in [1.29, 1.82) is 0 Å². The molecular formula is C20H31FN2O2S. The molecule has 0 spiro atoms. The zero-order valence-electron chi connectivity index (χ0n) is 16.0. The summed E-state index contributed by atoms with van der Waals surface area (Å²) in [4.78, 5) is 14.0. The number of nitrogens with two attached hydrogens (primary N) is 1. The van der Waals surface area contributed by atoms with Crippen molar-refractivity contribution in [2.24, 2.45) is 17.1 Å². The Morgan fingerprint density at radius 2 is 1.96 bits per heavy atom. The summed E-state index contributed by atoms with van der Waals surface area (Å²) in [5.41, 5.74) is 6.48. The third-order valence-electron chi connectivity index (χ3n) is 5.05. The first-order chi connectivity index (χ1) is 12.2. The summed E-state index contributed by atoms with van der Waals surface area (Å²) in [6, 6.07) is 6.79. The maximum atomic E-state index is 14.1. The molecule has 1 heterocycles. The molecule has 0 aliphatic carbocycles. The summed E-state index contributed by atoms with van der Waals surface area (Å²) in [5, 5.41) is 9.19. The van der Waals surface area contributed by atoms with Gasteiger partial charge in [-0.05, 0) is 56.4 Å². The predicted molar refractivity (Wildman–Crippen MR) is 105 cm³/mol. The van der Waals surface area contributed by atoms with Crippen LogP contribution in [-0.4, -0.2) is 46.9 Å². The summed E-state index contributed by atoms with van der Waals surface area (Å²) in [6.07, 6.45) is 2.23. The number of piperidine rings is 1. The SMILES string of the molecule is CC(C)(C)C(Sc1ccccc1F)C(N)CCN1CCC(C(=O)O)CC1. The van der Waals surface area contributed by atoms with E-state index in [0.29, 0.717) is 17.7 Å². The van der Waals surface area contributed by atoms with Crippen molar-refractivity contribution in [3.8, 4) is 0 Å². The van der Waals surface area contributed by atoms with E-state index in [1.165, 1.54) is 17.8 Å². The quantitative estimate of drug-likeness (QED) is 0.701. The molecule has 0 saturated carbocycles. The molecule has 1 aromatic rings. The topological polar surface area (TPSA) is 66.6 Å². The normalized spacial score (nSPS) is 19.3. The molecule has 0 bridgehead atoms. The van der Waals surface area contributed by atoms with E-state index in [1.807, 2.05) is 12.1 Å². The molecule has 146 valence electrons. The van der Waals surface area contributed by atoms with Crippen molar-refractivity contribution in [2.45, 2.75) is 56.2 Å². The average molecular weight is 383 g/mol. The van der Waals surface area contributed by atoms with Crippen LogP contribution in [0.15, 0.2) is 29.2 Å². The Bertz CT molecular complexity index is 598. The molecule has 1 aliphatic heterocycles. The standard InChI is InChI=1S/C20H31FN2O2S/c1-20(2,3)18(26-17-7-5-4-6-15(17)21)16(22)10-13-23-11-8-14(9-12-23)19(24)25/h4-7,14,16,18H,8-13,22H2,1-3H3,(H,24,25). The summed E-state index contributed by atoms with van der Waals surface area (Å²) in [7, 11) is 0. The van der Waals surface area contributed by atoms with Gasteiger partial charge in [0.2, 0.25) is 0 Å². The van der Waals surface area contributed by atoms with Gasteiger partial charge in [0.05, 0.1) is 5.92 Å². The van der Waals surface area contributed by atoms with Gasteiger partial charge in [0.1, 0.15) is 5.82 Å². The molecule has 4 nitrogen and oxygen atoms in total. The molecule has 1 fully saturated rings. The molecule has 1 aliphatic rings. The fourth-order valence-corrected chi connectivity index (χ4v) is 4.75. The Hall–Kier alpha value is -1.11. The second kappa shape index (κ2) is 9.20. The molecule has 2 atom stereocenters. The molecular weight excluding hydrogens is 351 g/mol. The van der Waals surface area contributed by atoms with Crippen molar-refractivity contribution in [1.82, 2.24) is 4.90 Å². The van der Waals surface area contributed by atoms with Gasteiger partial charge < -0.3 is 15.7 Å². The number of hydrogen-bond acceptors (Lipinski definition) is 4. The van der Waals surface area contributed by atoms with E-state index >= 15 is 0 Å². The zero-order valence-corrected chi connectivity index (χ0v) is 16.8. The maximum Gasteiger partial charge on any atom is 0.306 e. The smallest absolute Gasteiger partial charge is 0.306 e. The summed E-state index contributed by atoms with van der Waals surface area (Å²) in [6.45, 7) is 8.91. The van der Waals surface area contributed by atoms with Gasteiger partial charge in [-0.15, -0.1) is 11.8 Å². The Morgan fingerprint density at radius 1 is 1.35 bits per heavy atom. The molecule has 1 aromatic carbocycles. The van der Waals surface area contributed by atoms with Gasteiger partial charge in [0.15, 0.2) is 0 Å². The first-order valence-corrected chi connectivity index (χ1v) is 10.2. The number of halogens is 1. The molecule has 1 saturated heterocycles. The summed E-state index contributed by atoms with van der Waals surface area (Å²) < 4.78 is 14.1.